The van der Waals surface area contributed by atoms with E-state index in [1.807, 2.05) is 12.1 Å². The third-order valence-corrected chi connectivity index (χ3v) is 3.89. The van der Waals surface area contributed by atoms with E-state index >= 15 is 0 Å². The Hall–Kier alpha value is -1.74. The molecule has 1 heterocycles. The van der Waals surface area contributed by atoms with Crippen LogP contribution in [0.4, 0.5) is 0 Å². The molecular formula is C16H19N3. The molecule has 3 nitrogen and oxygen atoms in total. The van der Waals surface area contributed by atoms with E-state index in [2.05, 4.69) is 46.7 Å². The van der Waals surface area contributed by atoms with Crippen LogP contribution in [0.1, 0.15) is 35.6 Å². The van der Waals surface area contributed by atoms with Gasteiger partial charge in [-0.2, -0.15) is 10.2 Å². The maximum absolute atomic E-state index is 4.08. The summed E-state index contributed by atoms with van der Waals surface area (Å²) in [5, 5.41) is 11.5. The van der Waals surface area contributed by atoms with Crippen LogP contribution < -0.4 is 5.32 Å². The van der Waals surface area contributed by atoms with Crippen molar-refractivity contribution in [1.29, 1.82) is 0 Å². The van der Waals surface area contributed by atoms with Crippen LogP contribution in [0.15, 0.2) is 42.6 Å². The van der Waals surface area contributed by atoms with Crippen LogP contribution in [0.3, 0.4) is 0 Å². The average molecular weight is 253 g/mol. The summed E-state index contributed by atoms with van der Waals surface area (Å²) in [6.07, 6.45) is 4.16. The van der Waals surface area contributed by atoms with Gasteiger partial charge in [0, 0.05) is 18.8 Å². The second kappa shape index (κ2) is 5.49. The normalized spacial score (nSPS) is 21.9. The Morgan fingerprint density at radius 3 is 2.63 bits per heavy atom. The second-order valence-corrected chi connectivity index (χ2v) is 5.37. The van der Waals surface area contributed by atoms with Crippen LogP contribution >= 0.6 is 0 Å². The molecule has 1 aromatic heterocycles. The predicted molar refractivity (Wildman–Crippen MR) is 75.8 cm³/mol. The van der Waals surface area contributed by atoms with Crippen molar-refractivity contribution in [3.05, 3.63) is 59.4 Å². The van der Waals surface area contributed by atoms with Gasteiger partial charge >= 0.3 is 0 Å². The van der Waals surface area contributed by atoms with Crippen LogP contribution in [0.25, 0.3) is 0 Å². The Kier molecular flexibility index (Phi) is 3.56. The number of benzene rings is 1. The molecule has 0 bridgehead atoms. The van der Waals surface area contributed by atoms with Crippen LogP contribution in [0.5, 0.6) is 0 Å². The highest BCUT2D eigenvalue weighted by molar-refractivity contribution is 5.26. The van der Waals surface area contributed by atoms with E-state index in [0.717, 1.165) is 18.2 Å². The Bertz CT molecular complexity index is 515. The molecule has 3 rings (SSSR count). The molecule has 1 saturated carbocycles. The number of nitrogens with zero attached hydrogens (tertiary/aromatic N) is 2. The lowest BCUT2D eigenvalue weighted by atomic mass is 9.76. The third kappa shape index (κ3) is 2.99. The smallest absolute Gasteiger partial charge is 0.0769 e. The summed E-state index contributed by atoms with van der Waals surface area (Å²) in [5.41, 5.74) is 3.82. The molecular weight excluding hydrogens is 234 g/mol. The highest BCUT2D eigenvalue weighted by atomic mass is 15.1. The van der Waals surface area contributed by atoms with Gasteiger partial charge in [0.25, 0.3) is 0 Å². The minimum absolute atomic E-state index is 0.619. The summed E-state index contributed by atoms with van der Waals surface area (Å²) < 4.78 is 0. The number of aryl methyl sites for hydroxylation is 1. The zero-order valence-corrected chi connectivity index (χ0v) is 11.2. The van der Waals surface area contributed by atoms with Gasteiger partial charge in [-0.3, -0.25) is 0 Å². The van der Waals surface area contributed by atoms with E-state index in [0.29, 0.717) is 6.04 Å². The monoisotopic (exact) mass is 253 g/mol. The van der Waals surface area contributed by atoms with E-state index in [1.54, 1.807) is 6.20 Å². The molecule has 1 aliphatic rings. The molecule has 1 N–H and O–H groups in total. The van der Waals surface area contributed by atoms with Gasteiger partial charge in [0.1, 0.15) is 0 Å². The first-order valence-corrected chi connectivity index (χ1v) is 6.88. The summed E-state index contributed by atoms with van der Waals surface area (Å²) in [5.74, 6) is 0.722. The van der Waals surface area contributed by atoms with Crippen molar-refractivity contribution in [2.45, 2.75) is 38.3 Å². The Labute approximate surface area is 114 Å². The number of hydrogen-bond donors (Lipinski definition) is 1. The molecule has 1 fully saturated rings. The fourth-order valence-electron chi connectivity index (χ4n) is 2.57. The molecule has 1 aliphatic carbocycles. The van der Waals surface area contributed by atoms with Gasteiger partial charge in [-0.25, -0.2) is 0 Å². The second-order valence-electron chi connectivity index (χ2n) is 5.37. The van der Waals surface area contributed by atoms with Crippen molar-refractivity contribution in [2.75, 3.05) is 0 Å². The molecule has 3 heteroatoms. The van der Waals surface area contributed by atoms with Crippen LogP contribution in [0.2, 0.25) is 0 Å². The van der Waals surface area contributed by atoms with E-state index < -0.39 is 0 Å². The van der Waals surface area contributed by atoms with Gasteiger partial charge in [-0.05, 0) is 43.4 Å². The lowest BCUT2D eigenvalue weighted by molar-refractivity contribution is 0.288. The van der Waals surface area contributed by atoms with Crippen LogP contribution in [-0.2, 0) is 6.54 Å². The average Bonchev–Trinajstić information content (AvgIpc) is 2.40. The van der Waals surface area contributed by atoms with E-state index in [1.165, 1.54) is 24.0 Å². The summed E-state index contributed by atoms with van der Waals surface area (Å²) in [6, 6.07) is 13.5. The van der Waals surface area contributed by atoms with Gasteiger partial charge in [-0.1, -0.05) is 29.8 Å². The first-order chi connectivity index (χ1) is 9.31. The standard InChI is InChI=1S/C16H19N3/c1-12-4-6-13(7-5-12)14-9-16(10-14)17-11-15-3-2-8-18-19-15/h2-8,14,16-17H,9-11H2,1H3. The topological polar surface area (TPSA) is 37.8 Å². The van der Waals surface area contributed by atoms with Gasteiger partial charge in [0.05, 0.1) is 5.69 Å². The van der Waals surface area contributed by atoms with E-state index in [9.17, 15) is 0 Å². The molecule has 0 unspecified atom stereocenters. The summed E-state index contributed by atoms with van der Waals surface area (Å²) in [6.45, 7) is 2.95. The fourth-order valence-corrected chi connectivity index (χ4v) is 2.57. The van der Waals surface area contributed by atoms with Crippen molar-refractivity contribution in [3.63, 3.8) is 0 Å². The molecule has 0 saturated heterocycles. The zero-order chi connectivity index (χ0) is 13.1. The summed E-state index contributed by atoms with van der Waals surface area (Å²) >= 11 is 0. The number of nitrogens with one attached hydrogen (secondary N) is 1. The number of rotatable bonds is 4. The minimum Gasteiger partial charge on any atom is -0.308 e. The molecule has 98 valence electrons. The third-order valence-electron chi connectivity index (χ3n) is 3.89. The molecule has 0 aliphatic heterocycles. The Morgan fingerprint density at radius 1 is 1.16 bits per heavy atom. The van der Waals surface area contributed by atoms with Crippen molar-refractivity contribution >= 4 is 0 Å². The van der Waals surface area contributed by atoms with Gasteiger partial charge in [-0.15, -0.1) is 0 Å². The summed E-state index contributed by atoms with van der Waals surface area (Å²) in [7, 11) is 0. The lowest BCUT2D eigenvalue weighted by Gasteiger charge is -2.36. The number of hydrogen-bond acceptors (Lipinski definition) is 3. The fraction of sp³-hybridized carbons (Fsp3) is 0.375. The minimum atomic E-state index is 0.619. The number of aromatic nitrogens is 2. The Morgan fingerprint density at radius 2 is 1.95 bits per heavy atom. The Balaban J connectivity index is 1.47. The lowest BCUT2D eigenvalue weighted by Crippen LogP contribution is -2.39. The van der Waals surface area contributed by atoms with Gasteiger partial charge < -0.3 is 5.32 Å². The zero-order valence-electron chi connectivity index (χ0n) is 11.2. The molecule has 19 heavy (non-hydrogen) atoms. The highest BCUT2D eigenvalue weighted by Crippen LogP contribution is 2.36. The first-order valence-electron chi connectivity index (χ1n) is 6.88. The highest BCUT2D eigenvalue weighted by Gasteiger charge is 2.29. The van der Waals surface area contributed by atoms with Crippen LogP contribution in [-0.4, -0.2) is 16.2 Å². The predicted octanol–water partition coefficient (Wildman–Crippen LogP) is 2.82. The molecule has 0 atom stereocenters. The summed E-state index contributed by atoms with van der Waals surface area (Å²) in [4.78, 5) is 0. The molecule has 0 spiro atoms. The maximum Gasteiger partial charge on any atom is 0.0769 e. The maximum atomic E-state index is 4.08. The van der Waals surface area contributed by atoms with Crippen molar-refractivity contribution in [2.24, 2.45) is 0 Å². The molecule has 1 aromatic carbocycles. The SMILES string of the molecule is Cc1ccc(C2CC(NCc3cccnn3)C2)cc1. The van der Waals surface area contributed by atoms with E-state index in [4.69, 9.17) is 0 Å². The van der Waals surface area contributed by atoms with Gasteiger partial charge in [0.2, 0.25) is 0 Å². The first kappa shape index (κ1) is 12.3. The quantitative estimate of drug-likeness (QED) is 0.910. The largest absolute Gasteiger partial charge is 0.308 e. The van der Waals surface area contributed by atoms with Crippen molar-refractivity contribution in [3.8, 4) is 0 Å². The molecule has 2 aromatic rings. The molecule has 0 radical (unpaired) electrons. The molecule has 0 amide bonds. The van der Waals surface area contributed by atoms with Crippen molar-refractivity contribution in [1.82, 2.24) is 15.5 Å². The van der Waals surface area contributed by atoms with Crippen molar-refractivity contribution < 1.29 is 0 Å². The van der Waals surface area contributed by atoms with Crippen LogP contribution in [0, 0.1) is 6.92 Å². The van der Waals surface area contributed by atoms with Gasteiger partial charge in [0.15, 0.2) is 0 Å². The van der Waals surface area contributed by atoms with E-state index in [-0.39, 0.29) is 0 Å².